The quantitative estimate of drug-likeness (QED) is 0.680. The summed E-state index contributed by atoms with van der Waals surface area (Å²) in [5, 5.41) is 12.7. The third kappa shape index (κ3) is 5.63. The summed E-state index contributed by atoms with van der Waals surface area (Å²) in [7, 11) is 0. The van der Waals surface area contributed by atoms with E-state index in [0.29, 0.717) is 46.7 Å². The third-order valence-corrected chi connectivity index (χ3v) is 5.77. The van der Waals surface area contributed by atoms with Crippen molar-refractivity contribution >= 4 is 40.6 Å². The van der Waals surface area contributed by atoms with E-state index in [1.54, 1.807) is 34.9 Å². The first-order valence-corrected chi connectivity index (χ1v) is 10.7. The van der Waals surface area contributed by atoms with E-state index >= 15 is 0 Å². The molecule has 32 heavy (non-hydrogen) atoms. The van der Waals surface area contributed by atoms with Gasteiger partial charge in [-0.25, -0.2) is 4.68 Å². The van der Waals surface area contributed by atoms with Crippen molar-refractivity contribution in [2.45, 2.75) is 25.9 Å². The Bertz CT molecular complexity index is 1080. The summed E-state index contributed by atoms with van der Waals surface area (Å²) in [6, 6.07) is 7.86. The fourth-order valence-electron chi connectivity index (χ4n) is 3.40. The molecule has 0 bridgehead atoms. The summed E-state index contributed by atoms with van der Waals surface area (Å²) >= 11 is 11.9. The molecule has 0 saturated carbocycles. The van der Waals surface area contributed by atoms with Gasteiger partial charge < -0.3 is 9.80 Å². The van der Waals surface area contributed by atoms with E-state index in [-0.39, 0.29) is 24.2 Å². The Morgan fingerprint density at radius 1 is 1.12 bits per heavy atom. The lowest BCUT2D eigenvalue weighted by atomic mass is 10.1. The van der Waals surface area contributed by atoms with Gasteiger partial charge in [-0.15, -0.1) is 5.10 Å². The molecule has 1 aromatic heterocycles. The number of rotatable bonds is 5. The highest BCUT2D eigenvalue weighted by Gasteiger charge is 2.36. The lowest BCUT2D eigenvalue weighted by Crippen LogP contribution is -2.49. The van der Waals surface area contributed by atoms with E-state index in [2.05, 4.69) is 5.10 Å². The number of halogens is 5. The second kappa shape index (κ2) is 9.95. The van der Waals surface area contributed by atoms with Crippen LogP contribution in [0.1, 0.15) is 18.9 Å². The number of anilines is 1. The van der Waals surface area contributed by atoms with Gasteiger partial charge in [0.05, 0.1) is 16.5 Å². The van der Waals surface area contributed by atoms with Gasteiger partial charge in [-0.3, -0.25) is 10.2 Å². The normalized spacial score (nSPS) is 15.2. The van der Waals surface area contributed by atoms with Gasteiger partial charge in [0.1, 0.15) is 17.0 Å². The summed E-state index contributed by atoms with van der Waals surface area (Å²) in [5.41, 5.74) is -0.591. The highest BCUT2D eigenvalue weighted by atomic mass is 35.5. The number of carbonyl (C=O) groups is 1. The number of allylic oxidation sites excluding steroid dienone is 2. The Balaban J connectivity index is 1.69. The van der Waals surface area contributed by atoms with Gasteiger partial charge >= 0.3 is 6.18 Å². The van der Waals surface area contributed by atoms with Gasteiger partial charge in [-0.2, -0.15) is 13.2 Å². The Kier molecular flexibility index (Phi) is 7.51. The average molecular weight is 488 g/mol. The van der Waals surface area contributed by atoms with E-state index in [1.165, 1.54) is 12.1 Å². The predicted molar refractivity (Wildman–Crippen MR) is 118 cm³/mol. The lowest BCUT2D eigenvalue weighted by molar-refractivity contribution is -0.130. The fraction of sp³-hybridized carbons (Fsp3) is 0.381. The number of benzene rings is 1. The highest BCUT2D eigenvalue weighted by Crippen LogP contribution is 2.29. The summed E-state index contributed by atoms with van der Waals surface area (Å²) < 4.78 is 40.9. The predicted octanol–water partition coefficient (Wildman–Crippen LogP) is 4.37. The van der Waals surface area contributed by atoms with Gasteiger partial charge in [0.2, 0.25) is 5.91 Å². The number of nitrogens with one attached hydrogen (secondary N) is 1. The molecule has 3 rings (SSSR count). The van der Waals surface area contributed by atoms with Crippen LogP contribution in [0.2, 0.25) is 10.0 Å². The van der Waals surface area contributed by atoms with Crippen molar-refractivity contribution in [3.63, 3.8) is 0 Å². The molecule has 172 valence electrons. The fourth-order valence-corrected chi connectivity index (χ4v) is 3.72. The molecule has 0 aliphatic carbocycles. The maximum Gasteiger partial charge on any atom is 0.433 e. The van der Waals surface area contributed by atoms with Crippen molar-refractivity contribution in [3.05, 3.63) is 57.5 Å². The zero-order chi connectivity index (χ0) is 23.5. The number of piperazine rings is 1. The van der Waals surface area contributed by atoms with Crippen molar-refractivity contribution in [1.29, 1.82) is 5.41 Å². The molecule has 1 N–H and O–H groups in total. The minimum absolute atomic E-state index is 0.0715. The molecule has 1 aliphatic heterocycles. The van der Waals surface area contributed by atoms with Gasteiger partial charge in [-0.05, 0) is 36.2 Å². The third-order valence-electron chi connectivity index (χ3n) is 5.03. The van der Waals surface area contributed by atoms with Crippen LogP contribution in [0, 0.1) is 5.41 Å². The minimum Gasteiger partial charge on any atom is -0.352 e. The van der Waals surface area contributed by atoms with Crippen LogP contribution in [-0.4, -0.2) is 52.9 Å². The van der Waals surface area contributed by atoms with Gasteiger partial charge in [-0.1, -0.05) is 42.3 Å². The molecular weight excluding hydrogens is 466 g/mol. The van der Waals surface area contributed by atoms with Crippen molar-refractivity contribution in [3.8, 4) is 0 Å². The van der Waals surface area contributed by atoms with Crippen LogP contribution in [-0.2, 0) is 11.2 Å². The number of hydrogen-bond acceptors (Lipinski definition) is 4. The zero-order valence-corrected chi connectivity index (χ0v) is 18.8. The number of nitrogens with zero attached hydrogens (tertiary/aromatic N) is 4. The largest absolute Gasteiger partial charge is 0.433 e. The summed E-state index contributed by atoms with van der Waals surface area (Å²) in [4.78, 5) is 16.1. The number of alkyl halides is 3. The summed E-state index contributed by atoms with van der Waals surface area (Å²) in [6.45, 7) is 3.23. The molecule has 1 aliphatic rings. The maximum atomic E-state index is 13.4. The van der Waals surface area contributed by atoms with Crippen LogP contribution in [0.4, 0.5) is 19.0 Å². The van der Waals surface area contributed by atoms with Gasteiger partial charge in [0.25, 0.3) is 0 Å². The van der Waals surface area contributed by atoms with Crippen molar-refractivity contribution in [2.24, 2.45) is 0 Å². The SMILES string of the molecule is CC/C=C(/n1nc(N2CCN(C(=O)Cc3ccc(Cl)c(Cl)c3)CC2)ccc1=N)C(F)(F)F. The molecule has 1 aromatic carbocycles. The number of amides is 1. The van der Waals surface area contributed by atoms with Crippen molar-refractivity contribution in [1.82, 2.24) is 14.7 Å². The van der Waals surface area contributed by atoms with Crippen LogP contribution in [0.5, 0.6) is 0 Å². The Labute approximate surface area is 193 Å². The molecule has 0 atom stereocenters. The smallest absolute Gasteiger partial charge is 0.352 e. The molecule has 0 radical (unpaired) electrons. The molecular formula is C21H22Cl2F3N5O. The first-order chi connectivity index (χ1) is 15.1. The molecule has 1 amide bonds. The van der Waals surface area contributed by atoms with Gasteiger partial charge in [0, 0.05) is 26.2 Å². The number of hydrogen-bond donors (Lipinski definition) is 1. The van der Waals surface area contributed by atoms with Crippen LogP contribution in [0.25, 0.3) is 5.70 Å². The van der Waals surface area contributed by atoms with Crippen LogP contribution >= 0.6 is 23.2 Å². The molecule has 6 nitrogen and oxygen atoms in total. The first kappa shape index (κ1) is 24.1. The molecule has 0 spiro atoms. The van der Waals surface area contributed by atoms with Crippen LogP contribution in [0.3, 0.4) is 0 Å². The van der Waals surface area contributed by atoms with Gasteiger partial charge in [0.15, 0.2) is 0 Å². The highest BCUT2D eigenvalue weighted by molar-refractivity contribution is 6.42. The topological polar surface area (TPSA) is 65.2 Å². The summed E-state index contributed by atoms with van der Waals surface area (Å²) in [5.74, 6) is 0.252. The van der Waals surface area contributed by atoms with Crippen LogP contribution in [0.15, 0.2) is 36.4 Å². The number of carbonyl (C=O) groups excluding carboxylic acids is 1. The van der Waals surface area contributed by atoms with E-state index in [1.807, 2.05) is 0 Å². The van der Waals surface area contributed by atoms with E-state index in [4.69, 9.17) is 28.6 Å². The molecule has 1 saturated heterocycles. The maximum absolute atomic E-state index is 13.4. The summed E-state index contributed by atoms with van der Waals surface area (Å²) in [6.07, 6.45) is -3.28. The Hall–Kier alpha value is -2.52. The molecule has 1 fully saturated rings. The molecule has 2 heterocycles. The number of aromatic nitrogens is 2. The molecule has 2 aromatic rings. The first-order valence-electron chi connectivity index (χ1n) is 9.99. The lowest BCUT2D eigenvalue weighted by Gasteiger charge is -2.35. The Morgan fingerprint density at radius 3 is 2.41 bits per heavy atom. The van der Waals surface area contributed by atoms with E-state index < -0.39 is 11.9 Å². The molecule has 0 unspecified atom stereocenters. The van der Waals surface area contributed by atoms with Crippen LogP contribution < -0.4 is 10.4 Å². The van der Waals surface area contributed by atoms with E-state index in [9.17, 15) is 18.0 Å². The second-order valence-electron chi connectivity index (χ2n) is 7.28. The molecule has 11 heteroatoms. The van der Waals surface area contributed by atoms with E-state index in [0.717, 1.165) is 11.6 Å². The Morgan fingerprint density at radius 2 is 1.81 bits per heavy atom. The van der Waals surface area contributed by atoms with Crippen molar-refractivity contribution in [2.75, 3.05) is 31.1 Å². The monoisotopic (exact) mass is 487 g/mol. The standard InChI is InChI=1S/C21H22Cl2F3N5O/c1-2-3-17(21(24,25)26)31-18(27)6-7-19(28-31)29-8-10-30(11-9-29)20(32)13-14-4-5-15(22)16(23)12-14/h3-7,12,27H,2,8-11,13H2,1H3/b17-3+,27-18?. The zero-order valence-electron chi connectivity index (χ0n) is 17.3. The minimum atomic E-state index is -4.63. The average Bonchev–Trinajstić information content (AvgIpc) is 2.74. The van der Waals surface area contributed by atoms with Crippen molar-refractivity contribution < 1.29 is 18.0 Å². The second-order valence-corrected chi connectivity index (χ2v) is 8.09.